The summed E-state index contributed by atoms with van der Waals surface area (Å²) in [7, 11) is 1.14. The van der Waals surface area contributed by atoms with Crippen LogP contribution < -0.4 is 0 Å². The molecule has 1 heterocycles. The monoisotopic (exact) mass is 662 g/mol. The van der Waals surface area contributed by atoms with Crippen molar-refractivity contribution < 1.29 is 61.9 Å². The number of ether oxygens (including phenoxy) is 7. The minimum Gasteiger partial charge on any atom is -0.467 e. The third kappa shape index (κ3) is 6.57. The molecule has 13 heteroatoms. The summed E-state index contributed by atoms with van der Waals surface area (Å²) in [6.07, 6.45) is -1.19. The van der Waals surface area contributed by atoms with Crippen molar-refractivity contribution in [2.75, 3.05) is 7.11 Å². The van der Waals surface area contributed by atoms with Crippen molar-refractivity contribution >= 4 is 35.6 Å². The fourth-order valence-electron chi connectivity index (χ4n) is 9.23. The van der Waals surface area contributed by atoms with Gasteiger partial charge in [0.1, 0.15) is 6.10 Å². The first-order valence-electron chi connectivity index (χ1n) is 16.4. The summed E-state index contributed by atoms with van der Waals surface area (Å²) in [5.74, 6) is -3.51. The summed E-state index contributed by atoms with van der Waals surface area (Å²) in [4.78, 5) is 74.9. The van der Waals surface area contributed by atoms with E-state index >= 15 is 0 Å². The second-order valence-corrected chi connectivity index (χ2v) is 14.1. The molecule has 1 aliphatic heterocycles. The Morgan fingerprint density at radius 1 is 0.766 bits per heavy atom. The fourth-order valence-corrected chi connectivity index (χ4v) is 9.23. The van der Waals surface area contributed by atoms with E-state index in [0.29, 0.717) is 19.3 Å². The Morgan fingerprint density at radius 3 is 2.00 bits per heavy atom. The Labute approximate surface area is 274 Å². The molecule has 0 aromatic rings. The van der Waals surface area contributed by atoms with Crippen LogP contribution in [0.1, 0.15) is 86.5 Å². The quantitative estimate of drug-likeness (QED) is 0.288. The molecule has 0 bridgehead atoms. The van der Waals surface area contributed by atoms with Crippen molar-refractivity contribution in [3.05, 3.63) is 11.6 Å². The number of hydrogen-bond donors (Lipinski definition) is 0. The lowest BCUT2D eigenvalue weighted by atomic mass is 9.47. The number of fused-ring (bicyclic) bond motifs is 5. The molecule has 0 aromatic heterocycles. The van der Waals surface area contributed by atoms with Crippen molar-refractivity contribution in [1.29, 1.82) is 0 Å². The van der Waals surface area contributed by atoms with Gasteiger partial charge in [-0.3, -0.25) is 24.0 Å². The van der Waals surface area contributed by atoms with Gasteiger partial charge in [0.2, 0.25) is 0 Å². The molecule has 3 saturated carbocycles. The van der Waals surface area contributed by atoms with Gasteiger partial charge in [0.15, 0.2) is 36.5 Å². The number of esters is 5. The first kappa shape index (κ1) is 35.0. The molecule has 4 aliphatic carbocycles. The highest BCUT2D eigenvalue weighted by Crippen LogP contribution is 2.65. The largest absolute Gasteiger partial charge is 0.467 e. The Kier molecular flexibility index (Phi) is 9.90. The predicted molar refractivity (Wildman–Crippen MR) is 160 cm³/mol. The van der Waals surface area contributed by atoms with Crippen LogP contribution in [0, 0.1) is 28.6 Å². The Morgan fingerprint density at radius 2 is 1.38 bits per heavy atom. The Bertz CT molecular complexity index is 1340. The van der Waals surface area contributed by atoms with Crippen LogP contribution in [0.4, 0.5) is 0 Å². The van der Waals surface area contributed by atoms with Crippen LogP contribution in [-0.4, -0.2) is 85.7 Å². The number of allylic oxidation sites excluding steroid dienone is 1. The Hall–Kier alpha value is -3.32. The predicted octanol–water partition coefficient (Wildman–Crippen LogP) is 3.14. The molecule has 13 nitrogen and oxygen atoms in total. The molecule has 0 amide bonds. The molecule has 0 radical (unpaired) electrons. The van der Waals surface area contributed by atoms with Crippen LogP contribution in [-0.2, 0) is 61.9 Å². The lowest BCUT2D eigenvalue weighted by Crippen LogP contribution is -2.64. The second-order valence-electron chi connectivity index (χ2n) is 14.1. The summed E-state index contributed by atoms with van der Waals surface area (Å²) in [5.41, 5.74) is 0.407. The molecule has 5 aliphatic rings. The van der Waals surface area contributed by atoms with Gasteiger partial charge in [0.05, 0.1) is 13.2 Å². The van der Waals surface area contributed by atoms with Gasteiger partial charge in [-0.2, -0.15) is 0 Å². The lowest BCUT2D eigenvalue weighted by molar-refractivity contribution is -0.317. The smallest absolute Gasteiger partial charge is 0.339 e. The highest BCUT2D eigenvalue weighted by molar-refractivity contribution is 5.94. The van der Waals surface area contributed by atoms with Crippen LogP contribution in [0.25, 0.3) is 0 Å². The van der Waals surface area contributed by atoms with Gasteiger partial charge in [-0.25, -0.2) is 4.79 Å². The minimum atomic E-state index is -1.55. The van der Waals surface area contributed by atoms with E-state index in [0.717, 1.165) is 52.2 Å². The normalized spacial score (nSPS) is 40.8. The van der Waals surface area contributed by atoms with Crippen molar-refractivity contribution in [2.45, 2.75) is 129 Å². The summed E-state index contributed by atoms with van der Waals surface area (Å²) >= 11 is 0. The van der Waals surface area contributed by atoms with E-state index in [2.05, 4.69) is 13.8 Å². The van der Waals surface area contributed by atoms with Crippen LogP contribution in [0.5, 0.6) is 0 Å². The zero-order chi connectivity index (χ0) is 34.4. The molecule has 1 saturated heterocycles. The molecule has 0 spiro atoms. The van der Waals surface area contributed by atoms with Crippen molar-refractivity contribution in [1.82, 2.24) is 0 Å². The first-order valence-corrected chi connectivity index (χ1v) is 16.4. The highest BCUT2D eigenvalue weighted by atomic mass is 16.7. The van der Waals surface area contributed by atoms with Gasteiger partial charge in [-0.1, -0.05) is 19.4 Å². The maximum atomic E-state index is 13.9. The number of carbonyl (C=O) groups is 6. The van der Waals surface area contributed by atoms with Crippen LogP contribution in [0.2, 0.25) is 0 Å². The molecule has 12 atom stereocenters. The molecule has 4 fully saturated rings. The molecular formula is C34H46O13. The minimum absolute atomic E-state index is 0.00945. The van der Waals surface area contributed by atoms with E-state index in [1.165, 1.54) is 13.8 Å². The number of rotatable bonds is 7. The van der Waals surface area contributed by atoms with Crippen LogP contribution >= 0.6 is 0 Å². The summed E-state index contributed by atoms with van der Waals surface area (Å²) in [6, 6.07) is 0. The van der Waals surface area contributed by atoms with Gasteiger partial charge in [0.25, 0.3) is 0 Å². The number of hydrogen-bond acceptors (Lipinski definition) is 13. The van der Waals surface area contributed by atoms with E-state index in [9.17, 15) is 28.8 Å². The molecular weight excluding hydrogens is 616 g/mol. The van der Waals surface area contributed by atoms with E-state index in [4.69, 9.17) is 33.2 Å². The van der Waals surface area contributed by atoms with Crippen molar-refractivity contribution in [3.8, 4) is 0 Å². The zero-order valence-corrected chi connectivity index (χ0v) is 28.1. The molecule has 0 unspecified atom stereocenters. The van der Waals surface area contributed by atoms with Gasteiger partial charge in [-0.15, -0.1) is 0 Å². The van der Waals surface area contributed by atoms with E-state index in [1.54, 1.807) is 6.08 Å². The third-order valence-corrected chi connectivity index (χ3v) is 11.3. The Balaban J connectivity index is 1.42. The number of carbonyl (C=O) groups excluding carboxylic acids is 6. The van der Waals surface area contributed by atoms with Gasteiger partial charge >= 0.3 is 29.8 Å². The lowest BCUT2D eigenvalue weighted by Gasteiger charge is -2.57. The van der Waals surface area contributed by atoms with E-state index in [-0.39, 0.29) is 41.0 Å². The van der Waals surface area contributed by atoms with Gasteiger partial charge in [0, 0.05) is 40.0 Å². The maximum Gasteiger partial charge on any atom is 0.339 e. The summed E-state index contributed by atoms with van der Waals surface area (Å²) < 4.78 is 39.6. The fraction of sp³-hybridized carbons (Fsp3) is 0.765. The average Bonchev–Trinajstić information content (AvgIpc) is 3.31. The third-order valence-electron chi connectivity index (χ3n) is 11.3. The molecule has 0 aromatic carbocycles. The van der Waals surface area contributed by atoms with Crippen molar-refractivity contribution in [3.63, 3.8) is 0 Å². The van der Waals surface area contributed by atoms with E-state index < -0.39 is 66.1 Å². The zero-order valence-electron chi connectivity index (χ0n) is 28.1. The SMILES string of the molecule is COC(=O)[C@H]1O[C@@H](O[C@H]2CC[C@H]3[C@@H]4C(=O)C=C5C[C@@H](OC(C)=O)CC[C@]5(C)[C@H]4CC[C@]23C)[C@H](OC(C)=O)[C@@H](OC(C)=O)[C@@H]1OC(C)=O. The maximum absolute atomic E-state index is 13.9. The topological polar surface area (TPSA) is 167 Å². The van der Waals surface area contributed by atoms with Gasteiger partial charge < -0.3 is 33.2 Å². The standard InChI is InChI=1S/C34H46O13/c1-16(35)42-21-10-12-33(5)20(14-21)15-24(39)26-22-8-9-25(34(22,6)13-11-23(26)33)46-32-30(45-19(4)38)28(44-18(3)37)27(43-17(2)36)29(47-32)31(40)41-7/h15,21-23,25-30,32H,8-14H2,1-7H3/t21-,22-,23-,25-,26-,27-,28-,29-,30+,32+,33-,34-/m0/s1. The molecule has 47 heavy (non-hydrogen) atoms. The number of ketones is 1. The molecule has 0 N–H and O–H groups in total. The summed E-state index contributed by atoms with van der Waals surface area (Å²) in [6.45, 7) is 9.17. The first-order chi connectivity index (χ1) is 22.1. The van der Waals surface area contributed by atoms with Crippen LogP contribution in [0.15, 0.2) is 11.6 Å². The van der Waals surface area contributed by atoms with Crippen LogP contribution in [0.3, 0.4) is 0 Å². The second kappa shape index (κ2) is 13.3. The molecule has 5 rings (SSSR count). The molecule has 260 valence electrons. The van der Waals surface area contributed by atoms with E-state index in [1.807, 2.05) is 0 Å². The van der Waals surface area contributed by atoms with Gasteiger partial charge in [-0.05, 0) is 67.3 Å². The average molecular weight is 663 g/mol. The van der Waals surface area contributed by atoms with Crippen molar-refractivity contribution in [2.24, 2.45) is 28.6 Å². The number of methoxy groups -OCH3 is 1. The highest BCUT2D eigenvalue weighted by Gasteiger charge is 2.63. The summed E-state index contributed by atoms with van der Waals surface area (Å²) in [5, 5.41) is 0.